The quantitative estimate of drug-likeness (QED) is 0.943. The van der Waals surface area contributed by atoms with E-state index >= 15 is 0 Å². The summed E-state index contributed by atoms with van der Waals surface area (Å²) in [5.74, 6) is 3.25. The maximum atomic E-state index is 6.27. The van der Waals surface area contributed by atoms with Gasteiger partial charge in [-0.1, -0.05) is 25.4 Å². The molecular weight excluding hydrogens is 290 g/mol. The van der Waals surface area contributed by atoms with E-state index in [1.54, 1.807) is 0 Å². The van der Waals surface area contributed by atoms with Crippen LogP contribution in [-0.2, 0) is 6.54 Å². The lowest BCUT2D eigenvalue weighted by atomic mass is 10.1. The molecule has 0 radical (unpaired) electrons. The minimum Gasteiger partial charge on any atom is -0.454 e. The topological polar surface area (TPSA) is 62.3 Å². The summed E-state index contributed by atoms with van der Waals surface area (Å²) in [6, 6.07) is 3.68. The minimum atomic E-state index is 0.189. The van der Waals surface area contributed by atoms with Gasteiger partial charge in [-0.15, -0.1) is 0 Å². The molecule has 1 aliphatic heterocycles. The number of nitrogens with two attached hydrogens (primary N) is 1. The number of aryl methyl sites for hydroxylation is 1. The number of nitrogen functional groups attached to an aromatic ring is 1. The first-order valence-electron chi connectivity index (χ1n) is 6.89. The largest absolute Gasteiger partial charge is 0.454 e. The van der Waals surface area contributed by atoms with Crippen molar-refractivity contribution in [1.82, 2.24) is 9.55 Å². The van der Waals surface area contributed by atoms with Crippen LogP contribution in [0.1, 0.15) is 19.7 Å². The van der Waals surface area contributed by atoms with Crippen molar-refractivity contribution in [3.63, 3.8) is 0 Å². The Balaban J connectivity index is 2.07. The highest BCUT2D eigenvalue weighted by atomic mass is 35.5. The molecule has 0 atom stereocenters. The lowest BCUT2D eigenvalue weighted by molar-refractivity contribution is 0.174. The number of anilines is 1. The number of halogens is 1. The average molecular weight is 308 g/mol. The van der Waals surface area contributed by atoms with Crippen molar-refractivity contribution in [2.24, 2.45) is 5.92 Å². The van der Waals surface area contributed by atoms with E-state index in [2.05, 4.69) is 18.8 Å². The molecule has 0 amide bonds. The molecule has 2 heterocycles. The molecule has 2 aromatic rings. The van der Waals surface area contributed by atoms with Gasteiger partial charge in [0, 0.05) is 12.1 Å². The zero-order chi connectivity index (χ0) is 15.1. The van der Waals surface area contributed by atoms with Crippen molar-refractivity contribution < 1.29 is 9.47 Å². The summed E-state index contributed by atoms with van der Waals surface area (Å²) in [4.78, 5) is 4.58. The Hall–Kier alpha value is -1.88. The number of aromatic nitrogens is 2. The second-order valence-electron chi connectivity index (χ2n) is 5.59. The second-order valence-corrected chi connectivity index (χ2v) is 6.00. The van der Waals surface area contributed by atoms with Gasteiger partial charge < -0.3 is 19.8 Å². The second kappa shape index (κ2) is 5.15. The number of rotatable bonds is 3. The van der Waals surface area contributed by atoms with Gasteiger partial charge >= 0.3 is 0 Å². The SMILES string of the molecule is Cc1nc(-c2cc(Cl)c3c(c2)OCO3)c(N)n1CC(C)C. The van der Waals surface area contributed by atoms with Crippen LogP contribution < -0.4 is 15.2 Å². The predicted octanol–water partition coefficient (Wildman–Crippen LogP) is 3.48. The van der Waals surface area contributed by atoms with E-state index in [1.807, 2.05) is 23.6 Å². The van der Waals surface area contributed by atoms with E-state index in [9.17, 15) is 0 Å². The summed E-state index contributed by atoms with van der Waals surface area (Å²) < 4.78 is 12.7. The highest BCUT2D eigenvalue weighted by Gasteiger charge is 2.22. The van der Waals surface area contributed by atoms with E-state index in [0.29, 0.717) is 28.3 Å². The number of hydrogen-bond donors (Lipinski definition) is 1. The van der Waals surface area contributed by atoms with Gasteiger partial charge in [-0.25, -0.2) is 4.98 Å². The lowest BCUT2D eigenvalue weighted by Crippen LogP contribution is -2.09. The minimum absolute atomic E-state index is 0.189. The Morgan fingerprint density at radius 1 is 1.38 bits per heavy atom. The van der Waals surface area contributed by atoms with Crippen molar-refractivity contribution in [3.05, 3.63) is 23.0 Å². The first-order valence-corrected chi connectivity index (χ1v) is 7.27. The molecule has 112 valence electrons. The van der Waals surface area contributed by atoms with E-state index in [-0.39, 0.29) is 6.79 Å². The Labute approximate surface area is 128 Å². The van der Waals surface area contributed by atoms with Gasteiger partial charge in [0.2, 0.25) is 6.79 Å². The normalized spacial score (nSPS) is 13.2. The molecule has 3 rings (SSSR count). The number of imidazole rings is 1. The average Bonchev–Trinajstić information content (AvgIpc) is 2.98. The standard InChI is InChI=1S/C15H18ClN3O2/c1-8(2)6-19-9(3)18-13(15(19)17)10-4-11(16)14-12(5-10)20-7-21-14/h4-5,8H,6-7,17H2,1-3H3. The molecule has 0 saturated carbocycles. The van der Waals surface area contributed by atoms with E-state index in [0.717, 1.165) is 23.6 Å². The van der Waals surface area contributed by atoms with Crippen LogP contribution in [0.4, 0.5) is 5.82 Å². The van der Waals surface area contributed by atoms with Gasteiger partial charge in [-0.2, -0.15) is 0 Å². The van der Waals surface area contributed by atoms with Gasteiger partial charge in [-0.3, -0.25) is 0 Å². The summed E-state index contributed by atoms with van der Waals surface area (Å²) in [7, 11) is 0. The van der Waals surface area contributed by atoms with Gasteiger partial charge in [-0.05, 0) is 25.0 Å². The molecule has 5 nitrogen and oxygen atoms in total. The monoisotopic (exact) mass is 307 g/mol. The zero-order valence-corrected chi connectivity index (χ0v) is 13.1. The Morgan fingerprint density at radius 2 is 2.14 bits per heavy atom. The van der Waals surface area contributed by atoms with Crippen LogP contribution in [0.15, 0.2) is 12.1 Å². The Bertz CT molecular complexity index is 695. The molecule has 6 heteroatoms. The molecule has 0 saturated heterocycles. The summed E-state index contributed by atoms with van der Waals surface area (Å²) in [5.41, 5.74) is 7.84. The maximum absolute atomic E-state index is 6.27. The fraction of sp³-hybridized carbons (Fsp3) is 0.400. The van der Waals surface area contributed by atoms with Gasteiger partial charge in [0.1, 0.15) is 17.3 Å². The summed E-state index contributed by atoms with van der Waals surface area (Å²) in [6.45, 7) is 7.28. The number of hydrogen-bond acceptors (Lipinski definition) is 4. The van der Waals surface area contributed by atoms with Crippen LogP contribution in [0.25, 0.3) is 11.3 Å². The first-order chi connectivity index (χ1) is 9.97. The Morgan fingerprint density at radius 3 is 2.86 bits per heavy atom. The van der Waals surface area contributed by atoms with Crippen LogP contribution in [0.5, 0.6) is 11.5 Å². The third-order valence-corrected chi connectivity index (χ3v) is 3.73. The van der Waals surface area contributed by atoms with Crippen molar-refractivity contribution in [1.29, 1.82) is 0 Å². The van der Waals surface area contributed by atoms with Crippen molar-refractivity contribution in [2.75, 3.05) is 12.5 Å². The van der Waals surface area contributed by atoms with Crippen LogP contribution in [0.3, 0.4) is 0 Å². The van der Waals surface area contributed by atoms with Crippen LogP contribution in [-0.4, -0.2) is 16.3 Å². The highest BCUT2D eigenvalue weighted by molar-refractivity contribution is 6.32. The summed E-state index contributed by atoms with van der Waals surface area (Å²) in [6.07, 6.45) is 0. The fourth-order valence-corrected chi connectivity index (χ4v) is 2.76. The highest BCUT2D eigenvalue weighted by Crippen LogP contribution is 2.43. The zero-order valence-electron chi connectivity index (χ0n) is 12.3. The molecule has 0 bridgehead atoms. The molecule has 1 aromatic carbocycles. The number of benzene rings is 1. The molecule has 0 fully saturated rings. The van der Waals surface area contributed by atoms with Gasteiger partial charge in [0.25, 0.3) is 0 Å². The van der Waals surface area contributed by atoms with Crippen molar-refractivity contribution in [3.8, 4) is 22.8 Å². The summed E-state index contributed by atoms with van der Waals surface area (Å²) >= 11 is 6.23. The van der Waals surface area contributed by atoms with Crippen LogP contribution in [0.2, 0.25) is 5.02 Å². The van der Waals surface area contributed by atoms with Crippen molar-refractivity contribution in [2.45, 2.75) is 27.3 Å². The van der Waals surface area contributed by atoms with E-state index in [1.165, 1.54) is 0 Å². The molecule has 0 spiro atoms. The van der Waals surface area contributed by atoms with Crippen LogP contribution in [0, 0.1) is 12.8 Å². The number of ether oxygens (including phenoxy) is 2. The molecule has 1 aromatic heterocycles. The molecule has 0 unspecified atom stereocenters. The maximum Gasteiger partial charge on any atom is 0.231 e. The molecule has 21 heavy (non-hydrogen) atoms. The third-order valence-electron chi connectivity index (χ3n) is 3.45. The number of nitrogens with zero attached hydrogens (tertiary/aromatic N) is 2. The van der Waals surface area contributed by atoms with Crippen LogP contribution >= 0.6 is 11.6 Å². The van der Waals surface area contributed by atoms with E-state index < -0.39 is 0 Å². The van der Waals surface area contributed by atoms with Crippen molar-refractivity contribution >= 4 is 17.4 Å². The smallest absolute Gasteiger partial charge is 0.231 e. The fourth-order valence-electron chi connectivity index (χ4n) is 2.49. The Kier molecular flexibility index (Phi) is 3.45. The molecular formula is C15H18ClN3O2. The number of fused-ring (bicyclic) bond motifs is 1. The van der Waals surface area contributed by atoms with Gasteiger partial charge in [0.05, 0.1) is 5.02 Å². The van der Waals surface area contributed by atoms with Gasteiger partial charge in [0.15, 0.2) is 11.5 Å². The lowest BCUT2D eigenvalue weighted by Gasteiger charge is -2.10. The summed E-state index contributed by atoms with van der Waals surface area (Å²) in [5, 5.41) is 0.510. The molecule has 0 aliphatic carbocycles. The first kappa shape index (κ1) is 14.1. The third kappa shape index (κ3) is 2.42. The van der Waals surface area contributed by atoms with E-state index in [4.69, 9.17) is 26.8 Å². The molecule has 2 N–H and O–H groups in total. The predicted molar refractivity (Wildman–Crippen MR) is 82.8 cm³/mol. The molecule has 1 aliphatic rings.